The predicted molar refractivity (Wildman–Crippen MR) is 160 cm³/mol. The van der Waals surface area contributed by atoms with Gasteiger partial charge in [-0.2, -0.15) is 0 Å². The van der Waals surface area contributed by atoms with Gasteiger partial charge in [-0.1, -0.05) is 122 Å². The monoisotopic (exact) mass is 633 g/mol. The minimum atomic E-state index is -1.73. The van der Waals surface area contributed by atoms with E-state index in [1.165, 1.54) is 38.5 Å². The Hall–Kier alpha value is 0.586. The van der Waals surface area contributed by atoms with Gasteiger partial charge in [0.15, 0.2) is 0 Å². The molecule has 0 amide bonds. The summed E-state index contributed by atoms with van der Waals surface area (Å²) in [5.41, 5.74) is 0. The van der Waals surface area contributed by atoms with Gasteiger partial charge in [0.25, 0.3) is 0 Å². The Bertz CT molecular complexity index is 423. The fraction of sp³-hybridized carbons (Fsp3) is 0.828. The average Bonchev–Trinajstić information content (AvgIpc) is 3.38. The van der Waals surface area contributed by atoms with Gasteiger partial charge in [0.1, 0.15) is 0 Å². The van der Waals surface area contributed by atoms with Gasteiger partial charge in [-0.3, -0.25) is 0 Å². The van der Waals surface area contributed by atoms with Gasteiger partial charge in [0.2, 0.25) is 0 Å². The molecule has 0 aliphatic rings. The van der Waals surface area contributed by atoms with Crippen LogP contribution in [0, 0.1) is 0 Å². The molecular weight excluding hydrogens is 573 g/mol. The summed E-state index contributed by atoms with van der Waals surface area (Å²) in [5.74, 6) is 0. The van der Waals surface area contributed by atoms with Crippen LogP contribution in [0.3, 0.4) is 0 Å². The maximum Gasteiger partial charge on any atom is 4.00 e. The van der Waals surface area contributed by atoms with Crippen molar-refractivity contribution < 1.29 is 29.7 Å². The Labute approximate surface area is 246 Å². The summed E-state index contributed by atoms with van der Waals surface area (Å²) in [6.45, 7) is 26.1. The first-order chi connectivity index (χ1) is 16.0. The van der Waals surface area contributed by atoms with E-state index in [9.17, 15) is 3.50 Å². The Morgan fingerprint density at radius 3 is 0.857 bits per heavy atom. The molecule has 0 saturated carbocycles. The molecule has 0 spiro atoms. The van der Waals surface area contributed by atoms with Crippen molar-refractivity contribution >= 4 is 20.3 Å². The minimum absolute atomic E-state index is 0. The van der Waals surface area contributed by atoms with Crippen molar-refractivity contribution in [1.29, 1.82) is 0 Å². The molecule has 1 rings (SSSR count). The zero-order chi connectivity index (χ0) is 26.9. The summed E-state index contributed by atoms with van der Waals surface area (Å²) in [5, 5.41) is 13.5. The molecule has 0 bridgehead atoms. The van der Waals surface area contributed by atoms with E-state index < -0.39 is 15.9 Å². The first-order valence-corrected chi connectivity index (χ1v) is 16.5. The molecule has 0 radical (unpaired) electrons. The molecule has 3 nitrogen and oxygen atoms in total. The zero-order valence-corrected chi connectivity index (χ0v) is 30.9. The molecular formula is C29H60FGeN3Zr. The summed E-state index contributed by atoms with van der Waals surface area (Å²) < 4.78 is 12.7. The van der Waals surface area contributed by atoms with Crippen LogP contribution < -0.4 is 4.40 Å². The summed E-state index contributed by atoms with van der Waals surface area (Å²) in [6.07, 6.45) is 7.03. The third kappa shape index (κ3) is 32.6. The summed E-state index contributed by atoms with van der Waals surface area (Å²) in [6, 6.07) is 10.8. The fourth-order valence-electron chi connectivity index (χ4n) is 2.44. The van der Waals surface area contributed by atoms with Gasteiger partial charge in [-0.05, 0) is 0 Å². The van der Waals surface area contributed by atoms with Crippen molar-refractivity contribution in [3.63, 3.8) is 0 Å². The molecule has 0 N–H and O–H groups in total. The van der Waals surface area contributed by atoms with Crippen molar-refractivity contribution in [2.24, 2.45) is 0 Å². The molecule has 1 aromatic rings. The Morgan fingerprint density at radius 1 is 0.543 bits per heavy atom. The predicted octanol–water partition coefficient (Wildman–Crippen LogP) is 8.95. The number of hydrogen-bond acceptors (Lipinski definition) is 0. The SMILES string of the molecule is CCC(C)[N-]C(C)CC.CCC(C)[N-]C(C)CC.CCC(C)[N-]C(C)CC.[F][GeH2][c-]1cccc1.[Zr+4]. The van der Waals surface area contributed by atoms with E-state index in [-0.39, 0.29) is 26.2 Å². The summed E-state index contributed by atoms with van der Waals surface area (Å²) >= 11 is -1.73. The van der Waals surface area contributed by atoms with Crippen LogP contribution in [0.15, 0.2) is 24.3 Å². The topological polar surface area (TPSA) is 42.3 Å². The third-order valence-corrected chi connectivity index (χ3v) is 7.59. The molecule has 0 aliphatic heterocycles. The molecule has 0 saturated heterocycles. The second-order valence-electron chi connectivity index (χ2n) is 9.42. The van der Waals surface area contributed by atoms with Crippen LogP contribution in [0.25, 0.3) is 16.0 Å². The fourth-order valence-corrected chi connectivity index (χ4v) is 3.38. The van der Waals surface area contributed by atoms with Gasteiger partial charge in [-0.15, -0.1) is 36.3 Å². The molecule has 6 heteroatoms. The average molecular weight is 634 g/mol. The van der Waals surface area contributed by atoms with Crippen molar-refractivity contribution in [2.75, 3.05) is 0 Å². The summed E-state index contributed by atoms with van der Waals surface area (Å²) in [7, 11) is 0. The van der Waals surface area contributed by atoms with E-state index in [1.807, 2.05) is 24.3 Å². The van der Waals surface area contributed by atoms with Crippen molar-refractivity contribution in [3.8, 4) is 0 Å². The standard InChI is InChI=1S/3C8H18N.C5H6FGe.Zr/c3*1-5-7(3)9-8(4)6-2;6-7-5-3-1-2-4-5;/h3*7-8H,5-6H2,1-4H3;1-4H,7H2;/q4*-1;+4. The van der Waals surface area contributed by atoms with E-state index in [0.717, 1.165) is 4.40 Å². The second-order valence-corrected chi connectivity index (χ2v) is 11.7. The second kappa shape index (κ2) is 30.8. The summed E-state index contributed by atoms with van der Waals surface area (Å²) in [4.78, 5) is 0. The Kier molecular flexibility index (Phi) is 37.6. The van der Waals surface area contributed by atoms with Crippen LogP contribution in [-0.2, 0) is 26.2 Å². The molecule has 6 unspecified atom stereocenters. The molecule has 0 aliphatic carbocycles. The first kappa shape index (κ1) is 42.7. The zero-order valence-electron chi connectivity index (χ0n) is 25.4. The molecule has 1 aromatic carbocycles. The van der Waals surface area contributed by atoms with Crippen LogP contribution in [0.1, 0.15) is 122 Å². The maximum absolute atomic E-state index is 11.7. The van der Waals surface area contributed by atoms with E-state index in [1.54, 1.807) is 0 Å². The van der Waals surface area contributed by atoms with Gasteiger partial charge in [0, 0.05) is 0 Å². The number of rotatable bonds is 13. The largest absolute Gasteiger partial charge is 4.00 e. The quantitative estimate of drug-likeness (QED) is 0.154. The van der Waals surface area contributed by atoms with Crippen LogP contribution in [0.5, 0.6) is 0 Å². The third-order valence-electron chi connectivity index (χ3n) is 5.96. The van der Waals surface area contributed by atoms with Crippen LogP contribution in [0.2, 0.25) is 0 Å². The van der Waals surface area contributed by atoms with Gasteiger partial charge in [-0.25, -0.2) is 0 Å². The van der Waals surface area contributed by atoms with Gasteiger partial charge < -0.3 is 16.0 Å². The molecule has 0 aromatic heterocycles. The Balaban J connectivity index is -0.000000182. The Morgan fingerprint density at radius 2 is 0.743 bits per heavy atom. The van der Waals surface area contributed by atoms with Crippen molar-refractivity contribution in [1.82, 2.24) is 0 Å². The van der Waals surface area contributed by atoms with Crippen molar-refractivity contribution in [3.05, 3.63) is 40.2 Å². The minimum Gasteiger partial charge on any atom is 4.00 e. The van der Waals surface area contributed by atoms with E-state index in [4.69, 9.17) is 0 Å². The van der Waals surface area contributed by atoms with Gasteiger partial charge in [0.05, 0.1) is 0 Å². The van der Waals surface area contributed by atoms with E-state index in [2.05, 4.69) is 99.0 Å². The normalized spacial score (nSPS) is 15.6. The number of hydrogen-bond donors (Lipinski definition) is 0. The van der Waals surface area contributed by atoms with Gasteiger partial charge >= 0.3 is 74.3 Å². The van der Waals surface area contributed by atoms with Crippen LogP contribution >= 0.6 is 0 Å². The molecule has 35 heavy (non-hydrogen) atoms. The van der Waals surface area contributed by atoms with E-state index >= 15 is 0 Å². The molecule has 206 valence electrons. The number of halogens is 1. The van der Waals surface area contributed by atoms with E-state index in [0.29, 0.717) is 36.3 Å². The number of nitrogens with zero attached hydrogens (tertiary/aromatic N) is 3. The van der Waals surface area contributed by atoms with Crippen LogP contribution in [-0.4, -0.2) is 52.1 Å². The van der Waals surface area contributed by atoms with Crippen LogP contribution in [0.4, 0.5) is 3.50 Å². The molecule has 0 fully saturated rings. The molecule has 6 atom stereocenters. The first-order valence-electron chi connectivity index (χ1n) is 13.9. The van der Waals surface area contributed by atoms with Crippen molar-refractivity contribution in [2.45, 2.75) is 158 Å². The smallest absolute Gasteiger partial charge is 4.00 e. The maximum atomic E-state index is 11.7. The molecule has 0 heterocycles.